The molecule has 110 valence electrons. The maximum absolute atomic E-state index is 13.1. The predicted octanol–water partition coefficient (Wildman–Crippen LogP) is 3.48. The maximum atomic E-state index is 13.1. The zero-order chi connectivity index (χ0) is 15.7. The molecule has 0 aliphatic heterocycles. The summed E-state index contributed by atoms with van der Waals surface area (Å²) in [5, 5.41) is 8.97. The van der Waals surface area contributed by atoms with Crippen LogP contribution in [0.2, 0.25) is 0 Å². The average molecular weight is 302 g/mol. The number of rotatable bonds is 2. The molecular weight excluding hydrogens is 293 g/mol. The third kappa shape index (κ3) is 2.29. The number of alkyl halides is 3. The minimum atomic E-state index is -4.51. The Kier molecular flexibility index (Phi) is 3.29. The Bertz CT molecular complexity index is 860. The van der Waals surface area contributed by atoms with Crippen LogP contribution in [0.1, 0.15) is 11.3 Å². The van der Waals surface area contributed by atoms with Crippen LogP contribution in [0.15, 0.2) is 42.9 Å². The molecule has 0 spiro atoms. The Hall–Kier alpha value is -2.88. The van der Waals surface area contributed by atoms with Crippen molar-refractivity contribution in [2.75, 3.05) is 0 Å². The predicted molar refractivity (Wildman–Crippen MR) is 72.7 cm³/mol. The van der Waals surface area contributed by atoms with Gasteiger partial charge in [0, 0.05) is 24.2 Å². The molecule has 3 heterocycles. The highest BCUT2D eigenvalue weighted by Crippen LogP contribution is 2.34. The zero-order valence-corrected chi connectivity index (χ0v) is 11.2. The van der Waals surface area contributed by atoms with Gasteiger partial charge < -0.3 is 4.40 Å². The molecule has 4 nitrogen and oxygen atoms in total. The van der Waals surface area contributed by atoms with Crippen molar-refractivity contribution < 1.29 is 13.2 Å². The van der Waals surface area contributed by atoms with E-state index in [2.05, 4.69) is 9.97 Å². The van der Waals surface area contributed by atoms with Gasteiger partial charge in [0.25, 0.3) is 0 Å². The lowest BCUT2D eigenvalue weighted by Gasteiger charge is -2.07. The highest BCUT2D eigenvalue weighted by atomic mass is 19.4. The number of halogens is 3. The molecule has 3 aromatic rings. The summed E-state index contributed by atoms with van der Waals surface area (Å²) in [4.78, 5) is 8.01. The highest BCUT2D eigenvalue weighted by molar-refractivity contribution is 5.68. The molecule has 0 aliphatic rings. The topological polar surface area (TPSA) is 54.0 Å². The van der Waals surface area contributed by atoms with Crippen LogP contribution in [-0.4, -0.2) is 14.4 Å². The first kappa shape index (κ1) is 14.1. The summed E-state index contributed by atoms with van der Waals surface area (Å²) >= 11 is 0. The average Bonchev–Trinajstić information content (AvgIpc) is 2.86. The van der Waals surface area contributed by atoms with Crippen LogP contribution in [-0.2, 0) is 12.6 Å². The molecule has 0 aromatic carbocycles. The Balaban J connectivity index is 2.34. The van der Waals surface area contributed by atoms with E-state index in [1.54, 1.807) is 12.1 Å². The number of pyridine rings is 2. The van der Waals surface area contributed by atoms with Gasteiger partial charge in [-0.15, -0.1) is 0 Å². The summed E-state index contributed by atoms with van der Waals surface area (Å²) in [6.07, 6.45) is -0.0112. The Morgan fingerprint density at radius 3 is 2.55 bits per heavy atom. The largest absolute Gasteiger partial charge is 0.419 e. The number of nitriles is 1. The third-order valence-corrected chi connectivity index (χ3v) is 3.25. The molecule has 0 bridgehead atoms. The van der Waals surface area contributed by atoms with E-state index in [0.29, 0.717) is 17.0 Å². The first-order valence-electron chi connectivity index (χ1n) is 6.37. The van der Waals surface area contributed by atoms with E-state index >= 15 is 0 Å². The lowest BCUT2D eigenvalue weighted by molar-refractivity contribution is -0.136. The Morgan fingerprint density at radius 2 is 1.91 bits per heavy atom. The fourth-order valence-electron chi connectivity index (χ4n) is 2.32. The van der Waals surface area contributed by atoms with Crippen LogP contribution in [0.4, 0.5) is 13.2 Å². The van der Waals surface area contributed by atoms with E-state index in [0.717, 1.165) is 6.07 Å². The second-order valence-corrected chi connectivity index (χ2v) is 4.59. The molecule has 22 heavy (non-hydrogen) atoms. The van der Waals surface area contributed by atoms with Crippen molar-refractivity contribution in [2.24, 2.45) is 0 Å². The smallest absolute Gasteiger partial charge is 0.302 e. The molecule has 3 aromatic heterocycles. The Labute approximate surface area is 123 Å². The molecule has 3 rings (SSSR count). The molecule has 0 atom stereocenters. The van der Waals surface area contributed by atoms with Gasteiger partial charge in [-0.25, -0.2) is 4.98 Å². The maximum Gasteiger partial charge on any atom is 0.419 e. The zero-order valence-electron chi connectivity index (χ0n) is 11.2. The standard InChI is InChI=1S/C15H9F3N4/c16-15(17,18)11-2-1-9-22-12(3-6-19)13(21-14(11)22)10-4-7-20-8-5-10/h1-2,4-5,7-9H,3H2. The number of imidazole rings is 1. The number of hydrogen-bond acceptors (Lipinski definition) is 3. The molecule has 0 fully saturated rings. The van der Waals surface area contributed by atoms with E-state index in [-0.39, 0.29) is 12.1 Å². The minimum absolute atomic E-state index is 0.0415. The monoisotopic (exact) mass is 302 g/mol. The lowest BCUT2D eigenvalue weighted by atomic mass is 10.1. The van der Waals surface area contributed by atoms with Crippen LogP contribution in [0.25, 0.3) is 16.9 Å². The molecule has 0 saturated carbocycles. The van der Waals surface area contributed by atoms with Gasteiger partial charge in [-0.3, -0.25) is 4.98 Å². The number of fused-ring (bicyclic) bond motifs is 1. The van der Waals surface area contributed by atoms with E-state index in [1.807, 2.05) is 6.07 Å². The van der Waals surface area contributed by atoms with Gasteiger partial charge in [0.2, 0.25) is 0 Å². The number of aromatic nitrogens is 3. The van der Waals surface area contributed by atoms with Gasteiger partial charge in [0.15, 0.2) is 0 Å². The fraction of sp³-hybridized carbons (Fsp3) is 0.133. The third-order valence-electron chi connectivity index (χ3n) is 3.25. The summed E-state index contributed by atoms with van der Waals surface area (Å²) in [5.74, 6) is 0. The number of nitrogens with zero attached hydrogens (tertiary/aromatic N) is 4. The van der Waals surface area contributed by atoms with E-state index < -0.39 is 11.7 Å². The van der Waals surface area contributed by atoms with Gasteiger partial charge in [-0.1, -0.05) is 0 Å². The van der Waals surface area contributed by atoms with Crippen molar-refractivity contribution >= 4 is 5.65 Å². The van der Waals surface area contributed by atoms with Gasteiger partial charge in [0.05, 0.1) is 29.4 Å². The van der Waals surface area contributed by atoms with Crippen LogP contribution in [0.3, 0.4) is 0 Å². The van der Waals surface area contributed by atoms with E-state index in [9.17, 15) is 13.2 Å². The molecule has 0 aliphatic carbocycles. The van der Waals surface area contributed by atoms with Crippen molar-refractivity contribution in [2.45, 2.75) is 12.6 Å². The van der Waals surface area contributed by atoms with E-state index in [1.165, 1.54) is 29.1 Å². The summed E-state index contributed by atoms with van der Waals surface area (Å²) < 4.78 is 40.7. The van der Waals surface area contributed by atoms with Crippen LogP contribution in [0, 0.1) is 11.3 Å². The van der Waals surface area contributed by atoms with Crippen LogP contribution < -0.4 is 0 Å². The second-order valence-electron chi connectivity index (χ2n) is 4.59. The van der Waals surface area contributed by atoms with Gasteiger partial charge >= 0.3 is 6.18 Å². The summed E-state index contributed by atoms with van der Waals surface area (Å²) in [7, 11) is 0. The molecule has 0 amide bonds. The molecule has 7 heteroatoms. The molecule has 0 radical (unpaired) electrons. The molecule has 0 saturated heterocycles. The summed E-state index contributed by atoms with van der Waals surface area (Å²) in [6, 6.07) is 7.55. The SMILES string of the molecule is N#CCc1c(-c2ccncc2)nc2c(C(F)(F)F)cccn12. The van der Waals surface area contributed by atoms with Crippen LogP contribution >= 0.6 is 0 Å². The lowest BCUT2D eigenvalue weighted by Crippen LogP contribution is -2.07. The molecular formula is C15H9F3N4. The van der Waals surface area contributed by atoms with Gasteiger partial charge in [-0.2, -0.15) is 18.4 Å². The van der Waals surface area contributed by atoms with Crippen molar-refractivity contribution in [1.82, 2.24) is 14.4 Å². The Morgan fingerprint density at radius 1 is 1.18 bits per heavy atom. The van der Waals surface area contributed by atoms with Crippen molar-refractivity contribution in [3.63, 3.8) is 0 Å². The molecule has 0 unspecified atom stereocenters. The van der Waals surface area contributed by atoms with E-state index in [4.69, 9.17) is 5.26 Å². The minimum Gasteiger partial charge on any atom is -0.302 e. The molecule has 0 N–H and O–H groups in total. The summed E-state index contributed by atoms with van der Waals surface area (Å²) in [6.45, 7) is 0. The quantitative estimate of drug-likeness (QED) is 0.728. The highest BCUT2D eigenvalue weighted by Gasteiger charge is 2.34. The normalized spacial score (nSPS) is 11.5. The van der Waals surface area contributed by atoms with Gasteiger partial charge in [-0.05, 0) is 24.3 Å². The number of hydrogen-bond donors (Lipinski definition) is 0. The van der Waals surface area contributed by atoms with Crippen molar-refractivity contribution in [3.8, 4) is 17.3 Å². The second kappa shape index (κ2) is 5.15. The van der Waals surface area contributed by atoms with Crippen molar-refractivity contribution in [3.05, 3.63) is 54.1 Å². The summed E-state index contributed by atoms with van der Waals surface area (Å²) in [5.41, 5.74) is 0.383. The van der Waals surface area contributed by atoms with Gasteiger partial charge in [0.1, 0.15) is 5.65 Å². The first-order valence-corrected chi connectivity index (χ1v) is 6.37. The first-order chi connectivity index (χ1) is 10.5. The van der Waals surface area contributed by atoms with Crippen molar-refractivity contribution in [1.29, 1.82) is 5.26 Å². The fourth-order valence-corrected chi connectivity index (χ4v) is 2.32. The van der Waals surface area contributed by atoms with Crippen LogP contribution in [0.5, 0.6) is 0 Å².